The highest BCUT2D eigenvalue weighted by Gasteiger charge is 2.15. The molecule has 1 aromatic rings. The fraction of sp³-hybridized carbons (Fsp3) is 0.231. The molecule has 4 N–H and O–H groups in total. The van der Waals surface area contributed by atoms with Crippen LogP contribution in [-0.4, -0.2) is 23.0 Å². The van der Waals surface area contributed by atoms with Crippen LogP contribution in [0.3, 0.4) is 0 Å². The second kappa shape index (κ2) is 5.84. The Morgan fingerprint density at radius 3 is 2.78 bits per heavy atom. The van der Waals surface area contributed by atoms with E-state index in [2.05, 4.69) is 11.2 Å². The van der Waals surface area contributed by atoms with E-state index in [4.69, 9.17) is 17.3 Å². The second-order valence-electron chi connectivity index (χ2n) is 3.79. The summed E-state index contributed by atoms with van der Waals surface area (Å²) < 4.78 is 0. The van der Waals surface area contributed by atoms with Crippen LogP contribution in [0.15, 0.2) is 18.2 Å². The van der Waals surface area contributed by atoms with Gasteiger partial charge in [-0.2, -0.15) is 0 Å². The number of nitrogens with one attached hydrogen (secondary N) is 1. The van der Waals surface area contributed by atoms with E-state index in [0.29, 0.717) is 11.3 Å². The summed E-state index contributed by atoms with van der Waals surface area (Å²) in [6.45, 7) is 1.62. The lowest BCUT2D eigenvalue weighted by molar-refractivity contribution is -0.117. The summed E-state index contributed by atoms with van der Waals surface area (Å²) in [6, 6.07) is 3.83. The number of hydrogen-bond acceptors (Lipinski definition) is 3. The average molecular weight is 246 g/mol. The van der Waals surface area contributed by atoms with Crippen molar-refractivity contribution in [1.82, 2.24) is 0 Å². The summed E-state index contributed by atoms with van der Waals surface area (Å²) in [5, 5.41) is 11.5. The van der Waals surface area contributed by atoms with E-state index in [1.165, 1.54) is 6.07 Å². The van der Waals surface area contributed by atoms with Gasteiger partial charge in [-0.25, -0.2) is 4.79 Å². The third-order valence-electron chi connectivity index (χ3n) is 2.50. The first-order valence-corrected chi connectivity index (χ1v) is 5.30. The van der Waals surface area contributed by atoms with Gasteiger partial charge in [0.25, 0.3) is 0 Å². The van der Waals surface area contributed by atoms with Crippen LogP contribution in [-0.2, 0) is 4.79 Å². The van der Waals surface area contributed by atoms with Gasteiger partial charge in [0.2, 0.25) is 5.91 Å². The smallest absolute Gasteiger partial charge is 0.336 e. The molecule has 1 unspecified atom stereocenters. The zero-order valence-corrected chi connectivity index (χ0v) is 9.93. The predicted molar refractivity (Wildman–Crippen MR) is 68.2 cm³/mol. The summed E-state index contributed by atoms with van der Waals surface area (Å²) in [7, 11) is 0. The summed E-state index contributed by atoms with van der Waals surface area (Å²) >= 11 is 0. The van der Waals surface area contributed by atoms with Gasteiger partial charge >= 0.3 is 5.97 Å². The number of aromatic carboxylic acids is 1. The van der Waals surface area contributed by atoms with Crippen LogP contribution in [0.2, 0.25) is 0 Å². The van der Waals surface area contributed by atoms with E-state index in [1.807, 2.05) is 0 Å². The molecule has 0 spiro atoms. The van der Waals surface area contributed by atoms with Gasteiger partial charge in [0.1, 0.15) is 0 Å². The highest BCUT2D eigenvalue weighted by atomic mass is 16.4. The largest absolute Gasteiger partial charge is 0.478 e. The fourth-order valence-corrected chi connectivity index (χ4v) is 1.45. The van der Waals surface area contributed by atoms with Crippen LogP contribution in [0.5, 0.6) is 0 Å². The van der Waals surface area contributed by atoms with Gasteiger partial charge in [0, 0.05) is 12.1 Å². The number of hydrogen-bond donors (Lipinski definition) is 3. The summed E-state index contributed by atoms with van der Waals surface area (Å²) in [5.41, 5.74) is 6.59. The summed E-state index contributed by atoms with van der Waals surface area (Å²) in [5.74, 6) is 0.822. The molecule has 5 heteroatoms. The van der Waals surface area contributed by atoms with Crippen molar-refractivity contribution in [2.75, 3.05) is 5.32 Å². The molecule has 1 aromatic carbocycles. The van der Waals surface area contributed by atoms with E-state index >= 15 is 0 Å². The summed E-state index contributed by atoms with van der Waals surface area (Å²) in [4.78, 5) is 22.6. The Labute approximate surface area is 105 Å². The first kappa shape index (κ1) is 13.7. The topological polar surface area (TPSA) is 92.4 Å². The van der Waals surface area contributed by atoms with Crippen molar-refractivity contribution < 1.29 is 14.7 Å². The number of rotatable bonds is 4. The molecule has 0 aliphatic rings. The number of terminal acetylenes is 1. The third-order valence-corrected chi connectivity index (χ3v) is 2.50. The molecule has 0 fully saturated rings. The molecule has 0 saturated heterocycles. The van der Waals surface area contributed by atoms with Crippen molar-refractivity contribution in [2.24, 2.45) is 5.73 Å². The van der Waals surface area contributed by atoms with Crippen LogP contribution in [0.25, 0.3) is 0 Å². The maximum atomic E-state index is 11.7. The van der Waals surface area contributed by atoms with Crippen LogP contribution in [0.4, 0.5) is 5.69 Å². The Morgan fingerprint density at radius 2 is 2.22 bits per heavy atom. The molecule has 0 bridgehead atoms. The standard InChI is InChI=1S/C13H14N2O3/c1-3-5-10(14)12(16)15-11-7-4-6-9(8(11)2)13(17)18/h1,4,6-7,10H,5,14H2,2H3,(H,15,16)(H,17,18). The zero-order chi connectivity index (χ0) is 13.7. The Bertz CT molecular complexity index is 517. The van der Waals surface area contributed by atoms with Crippen LogP contribution >= 0.6 is 0 Å². The van der Waals surface area contributed by atoms with Gasteiger partial charge in [-0.05, 0) is 24.6 Å². The molecule has 94 valence electrons. The zero-order valence-electron chi connectivity index (χ0n) is 9.93. The molecule has 5 nitrogen and oxygen atoms in total. The monoisotopic (exact) mass is 246 g/mol. The predicted octanol–water partition coefficient (Wildman–Crippen LogP) is 0.982. The first-order valence-electron chi connectivity index (χ1n) is 5.30. The fourth-order valence-electron chi connectivity index (χ4n) is 1.45. The Balaban J connectivity index is 2.93. The number of carboxylic acid groups (broad SMARTS) is 1. The van der Waals surface area contributed by atoms with Crippen molar-refractivity contribution >= 4 is 17.6 Å². The number of nitrogens with two attached hydrogens (primary N) is 1. The van der Waals surface area contributed by atoms with Gasteiger partial charge in [-0.1, -0.05) is 6.07 Å². The Hall–Kier alpha value is -2.32. The van der Waals surface area contributed by atoms with Gasteiger partial charge < -0.3 is 16.2 Å². The number of benzene rings is 1. The van der Waals surface area contributed by atoms with Crippen LogP contribution < -0.4 is 11.1 Å². The minimum atomic E-state index is -1.04. The molecule has 1 atom stereocenters. The highest BCUT2D eigenvalue weighted by molar-refractivity contribution is 5.98. The molecule has 0 saturated carbocycles. The number of carbonyl (C=O) groups is 2. The van der Waals surface area contributed by atoms with E-state index in [-0.39, 0.29) is 12.0 Å². The van der Waals surface area contributed by atoms with Gasteiger partial charge in [-0.15, -0.1) is 12.3 Å². The number of carboxylic acids is 1. The molecule has 0 radical (unpaired) electrons. The minimum absolute atomic E-state index is 0.128. The van der Waals surface area contributed by atoms with Crippen molar-refractivity contribution in [2.45, 2.75) is 19.4 Å². The molecule has 0 aliphatic heterocycles. The van der Waals surface area contributed by atoms with E-state index in [1.54, 1.807) is 19.1 Å². The maximum Gasteiger partial charge on any atom is 0.336 e. The van der Waals surface area contributed by atoms with E-state index in [0.717, 1.165) is 0 Å². The third kappa shape index (κ3) is 3.09. The minimum Gasteiger partial charge on any atom is -0.478 e. The summed E-state index contributed by atoms with van der Waals surface area (Å²) in [6.07, 6.45) is 5.20. The molecule has 18 heavy (non-hydrogen) atoms. The van der Waals surface area contributed by atoms with Gasteiger partial charge in [0.15, 0.2) is 0 Å². The number of carbonyl (C=O) groups excluding carboxylic acids is 1. The van der Waals surface area contributed by atoms with Gasteiger partial charge in [-0.3, -0.25) is 4.79 Å². The number of anilines is 1. The molecule has 1 amide bonds. The first-order chi connectivity index (χ1) is 8.47. The molecular formula is C13H14N2O3. The molecule has 0 aromatic heterocycles. The lowest BCUT2D eigenvalue weighted by Gasteiger charge is -2.13. The lowest BCUT2D eigenvalue weighted by Crippen LogP contribution is -2.35. The van der Waals surface area contributed by atoms with E-state index < -0.39 is 17.9 Å². The second-order valence-corrected chi connectivity index (χ2v) is 3.79. The quantitative estimate of drug-likeness (QED) is 0.690. The van der Waals surface area contributed by atoms with Crippen LogP contribution in [0, 0.1) is 19.3 Å². The SMILES string of the molecule is C#CCC(N)C(=O)Nc1cccc(C(=O)O)c1C. The molecule has 0 heterocycles. The van der Waals surface area contributed by atoms with E-state index in [9.17, 15) is 9.59 Å². The average Bonchev–Trinajstić information content (AvgIpc) is 2.31. The Kier molecular flexibility index (Phi) is 4.46. The maximum absolute atomic E-state index is 11.7. The van der Waals surface area contributed by atoms with Crippen LogP contribution in [0.1, 0.15) is 22.3 Å². The molecular weight excluding hydrogens is 232 g/mol. The van der Waals surface area contributed by atoms with Crippen molar-refractivity contribution in [1.29, 1.82) is 0 Å². The lowest BCUT2D eigenvalue weighted by atomic mass is 10.1. The Morgan fingerprint density at radius 1 is 1.56 bits per heavy atom. The highest BCUT2D eigenvalue weighted by Crippen LogP contribution is 2.19. The molecule has 0 aliphatic carbocycles. The van der Waals surface area contributed by atoms with Gasteiger partial charge in [0.05, 0.1) is 11.6 Å². The van der Waals surface area contributed by atoms with Crippen molar-refractivity contribution in [3.8, 4) is 12.3 Å². The normalized spacial score (nSPS) is 11.4. The van der Waals surface area contributed by atoms with Crippen molar-refractivity contribution in [3.63, 3.8) is 0 Å². The molecule has 1 rings (SSSR count). The number of amides is 1. The van der Waals surface area contributed by atoms with Crippen molar-refractivity contribution in [3.05, 3.63) is 29.3 Å².